The summed E-state index contributed by atoms with van der Waals surface area (Å²) in [7, 11) is 2.15. The quantitative estimate of drug-likeness (QED) is 0.860. The zero-order valence-electron chi connectivity index (χ0n) is 13.1. The molecule has 1 heterocycles. The lowest BCUT2D eigenvalue weighted by atomic mass is 10.3. The summed E-state index contributed by atoms with van der Waals surface area (Å²) in [6, 6.07) is 6.99. The zero-order valence-corrected chi connectivity index (χ0v) is 13.8. The Morgan fingerprint density at radius 2 is 2.00 bits per heavy atom. The van der Waals surface area contributed by atoms with Crippen molar-refractivity contribution >= 4 is 17.5 Å². The van der Waals surface area contributed by atoms with Crippen molar-refractivity contribution in [1.29, 1.82) is 0 Å². The smallest absolute Gasteiger partial charge is 0.257 e. The van der Waals surface area contributed by atoms with Crippen LogP contribution in [0.15, 0.2) is 24.3 Å². The maximum Gasteiger partial charge on any atom is 0.257 e. The van der Waals surface area contributed by atoms with Crippen molar-refractivity contribution in [2.45, 2.75) is 6.42 Å². The summed E-state index contributed by atoms with van der Waals surface area (Å²) in [6.07, 6.45) is 1.18. The first kappa shape index (κ1) is 17.1. The fourth-order valence-electron chi connectivity index (χ4n) is 2.41. The molecule has 1 fully saturated rings. The third-order valence-electron chi connectivity index (χ3n) is 3.75. The van der Waals surface area contributed by atoms with E-state index in [1.165, 1.54) is 6.42 Å². The first-order valence-corrected chi connectivity index (χ1v) is 8.07. The number of ether oxygens (including phenoxy) is 1. The Morgan fingerprint density at radius 1 is 1.23 bits per heavy atom. The van der Waals surface area contributed by atoms with Gasteiger partial charge in [0.15, 0.2) is 6.61 Å². The third kappa shape index (κ3) is 6.22. The number of rotatable bonds is 6. The molecule has 1 N–H and O–H groups in total. The van der Waals surface area contributed by atoms with Crippen LogP contribution in [0.25, 0.3) is 0 Å². The van der Waals surface area contributed by atoms with E-state index in [1.807, 2.05) is 0 Å². The molecule has 0 unspecified atom stereocenters. The monoisotopic (exact) mass is 325 g/mol. The van der Waals surface area contributed by atoms with E-state index in [1.54, 1.807) is 24.3 Å². The first-order chi connectivity index (χ1) is 10.6. The van der Waals surface area contributed by atoms with Crippen LogP contribution in [-0.4, -0.2) is 68.6 Å². The van der Waals surface area contributed by atoms with Gasteiger partial charge in [0, 0.05) is 31.2 Å². The van der Waals surface area contributed by atoms with E-state index >= 15 is 0 Å². The minimum atomic E-state index is -0.0955. The second-order valence-corrected chi connectivity index (χ2v) is 6.03. The molecule has 0 aliphatic carbocycles. The SMILES string of the molecule is CN1CCCN(CCNC(=O)COc2ccc(Cl)cc2)CC1. The maximum absolute atomic E-state index is 11.8. The molecule has 0 atom stereocenters. The number of nitrogens with one attached hydrogen (secondary N) is 1. The highest BCUT2D eigenvalue weighted by Crippen LogP contribution is 2.15. The van der Waals surface area contributed by atoms with Crippen molar-refractivity contribution in [1.82, 2.24) is 15.1 Å². The van der Waals surface area contributed by atoms with Gasteiger partial charge >= 0.3 is 0 Å². The Bertz CT molecular complexity index is 467. The van der Waals surface area contributed by atoms with Gasteiger partial charge in [-0.1, -0.05) is 11.6 Å². The third-order valence-corrected chi connectivity index (χ3v) is 4.00. The van der Waals surface area contributed by atoms with E-state index in [-0.39, 0.29) is 12.5 Å². The van der Waals surface area contributed by atoms with Crippen LogP contribution in [0, 0.1) is 0 Å². The summed E-state index contributed by atoms with van der Waals surface area (Å²) in [5.41, 5.74) is 0. The van der Waals surface area contributed by atoms with E-state index in [4.69, 9.17) is 16.3 Å². The molecule has 0 saturated carbocycles. The second kappa shape index (κ2) is 8.98. The minimum absolute atomic E-state index is 0.0321. The second-order valence-electron chi connectivity index (χ2n) is 5.59. The standard InChI is InChI=1S/C16H24ClN3O2/c1-19-8-2-9-20(12-11-19)10-7-18-16(21)13-22-15-5-3-14(17)4-6-15/h3-6H,2,7-13H2,1H3,(H,18,21). The van der Waals surface area contributed by atoms with E-state index < -0.39 is 0 Å². The Kier molecular flexibility index (Phi) is 6.96. The van der Waals surface area contributed by atoms with Gasteiger partial charge in [-0.15, -0.1) is 0 Å². The molecule has 1 amide bonds. The molecule has 1 aliphatic rings. The topological polar surface area (TPSA) is 44.8 Å². The lowest BCUT2D eigenvalue weighted by Crippen LogP contribution is -2.38. The predicted octanol–water partition coefficient (Wildman–Crippen LogP) is 1.47. The molecule has 0 bridgehead atoms. The van der Waals surface area contributed by atoms with Gasteiger partial charge in [-0.05, 0) is 50.8 Å². The number of hydrogen-bond donors (Lipinski definition) is 1. The molecule has 5 nitrogen and oxygen atoms in total. The van der Waals surface area contributed by atoms with Gasteiger partial charge in [0.2, 0.25) is 0 Å². The van der Waals surface area contributed by atoms with Crippen molar-refractivity contribution in [2.24, 2.45) is 0 Å². The fourth-order valence-corrected chi connectivity index (χ4v) is 2.53. The summed E-state index contributed by atoms with van der Waals surface area (Å²) >= 11 is 5.79. The molecular formula is C16H24ClN3O2. The Labute approximate surface area is 137 Å². The molecule has 22 heavy (non-hydrogen) atoms. The molecule has 1 aromatic rings. The maximum atomic E-state index is 11.8. The van der Waals surface area contributed by atoms with E-state index in [0.29, 0.717) is 17.3 Å². The highest BCUT2D eigenvalue weighted by Gasteiger charge is 2.11. The molecular weight excluding hydrogens is 302 g/mol. The Morgan fingerprint density at radius 3 is 2.77 bits per heavy atom. The summed E-state index contributed by atoms with van der Waals surface area (Å²) in [6.45, 7) is 5.98. The van der Waals surface area contributed by atoms with Gasteiger partial charge in [0.05, 0.1) is 0 Å². The van der Waals surface area contributed by atoms with E-state index in [2.05, 4.69) is 22.2 Å². The molecule has 0 aromatic heterocycles. The van der Waals surface area contributed by atoms with Gasteiger partial charge < -0.3 is 19.9 Å². The van der Waals surface area contributed by atoms with Crippen molar-refractivity contribution in [3.63, 3.8) is 0 Å². The average molecular weight is 326 g/mol. The lowest BCUT2D eigenvalue weighted by molar-refractivity contribution is -0.123. The summed E-state index contributed by atoms with van der Waals surface area (Å²) in [5, 5.41) is 3.55. The van der Waals surface area contributed by atoms with Gasteiger partial charge in [0.25, 0.3) is 5.91 Å². The largest absolute Gasteiger partial charge is 0.484 e. The van der Waals surface area contributed by atoms with Crippen molar-refractivity contribution < 1.29 is 9.53 Å². The number of benzene rings is 1. The van der Waals surface area contributed by atoms with Crippen LogP contribution in [0.2, 0.25) is 5.02 Å². The van der Waals surface area contributed by atoms with E-state index in [0.717, 1.165) is 32.7 Å². The van der Waals surface area contributed by atoms with Crippen molar-refractivity contribution in [3.05, 3.63) is 29.3 Å². The number of hydrogen-bond acceptors (Lipinski definition) is 4. The summed E-state index contributed by atoms with van der Waals surface area (Å²) in [4.78, 5) is 16.5. The van der Waals surface area contributed by atoms with Crippen LogP contribution in [0.1, 0.15) is 6.42 Å². The lowest BCUT2D eigenvalue weighted by Gasteiger charge is -2.20. The van der Waals surface area contributed by atoms with Gasteiger partial charge in [0.1, 0.15) is 5.75 Å². The Balaban J connectivity index is 1.60. The summed E-state index contributed by atoms with van der Waals surface area (Å²) < 4.78 is 5.41. The number of nitrogens with zero attached hydrogens (tertiary/aromatic N) is 2. The molecule has 0 radical (unpaired) electrons. The van der Waals surface area contributed by atoms with Gasteiger partial charge in [-0.2, -0.15) is 0 Å². The molecule has 122 valence electrons. The first-order valence-electron chi connectivity index (χ1n) is 7.69. The zero-order chi connectivity index (χ0) is 15.8. The molecule has 1 aliphatic heterocycles. The number of carbonyl (C=O) groups excluding carboxylic acids is 1. The van der Waals surface area contributed by atoms with Crippen LogP contribution in [-0.2, 0) is 4.79 Å². The van der Waals surface area contributed by atoms with Crippen LogP contribution in [0.4, 0.5) is 0 Å². The highest BCUT2D eigenvalue weighted by atomic mass is 35.5. The average Bonchev–Trinajstić information content (AvgIpc) is 2.71. The van der Waals surface area contributed by atoms with Crippen molar-refractivity contribution in [3.8, 4) is 5.75 Å². The van der Waals surface area contributed by atoms with Crippen LogP contribution in [0.5, 0.6) is 5.75 Å². The summed E-state index contributed by atoms with van der Waals surface area (Å²) in [5.74, 6) is 0.553. The Hall–Kier alpha value is -1.30. The fraction of sp³-hybridized carbons (Fsp3) is 0.562. The van der Waals surface area contributed by atoms with Crippen LogP contribution in [0.3, 0.4) is 0 Å². The van der Waals surface area contributed by atoms with Crippen LogP contribution < -0.4 is 10.1 Å². The van der Waals surface area contributed by atoms with Crippen LogP contribution >= 0.6 is 11.6 Å². The number of halogens is 1. The molecule has 1 saturated heterocycles. The minimum Gasteiger partial charge on any atom is -0.484 e. The van der Waals surface area contributed by atoms with Crippen molar-refractivity contribution in [2.75, 3.05) is 52.9 Å². The highest BCUT2D eigenvalue weighted by molar-refractivity contribution is 6.30. The number of amides is 1. The number of carbonyl (C=O) groups is 1. The molecule has 6 heteroatoms. The molecule has 1 aromatic carbocycles. The normalized spacial score (nSPS) is 17.0. The molecule has 2 rings (SSSR count). The molecule has 0 spiro atoms. The van der Waals surface area contributed by atoms with Gasteiger partial charge in [-0.3, -0.25) is 4.79 Å². The predicted molar refractivity (Wildman–Crippen MR) is 88.5 cm³/mol. The number of likely N-dealkylation sites (N-methyl/N-ethyl adjacent to an activating group) is 1. The van der Waals surface area contributed by atoms with E-state index in [9.17, 15) is 4.79 Å². The van der Waals surface area contributed by atoms with Gasteiger partial charge in [-0.25, -0.2) is 0 Å².